The van der Waals surface area contributed by atoms with E-state index in [0.717, 1.165) is 17.0 Å². The van der Waals surface area contributed by atoms with E-state index < -0.39 is 29.5 Å². The summed E-state index contributed by atoms with van der Waals surface area (Å²) < 4.78 is 53.2. The maximum absolute atomic E-state index is 13.3. The van der Waals surface area contributed by atoms with Gasteiger partial charge in [0.15, 0.2) is 0 Å². The molecule has 2 N–H and O–H groups in total. The molecule has 0 aliphatic carbocycles. The molecule has 0 unspecified atom stereocenters. The van der Waals surface area contributed by atoms with Crippen LogP contribution in [-0.2, 0) is 13.2 Å². The Bertz CT molecular complexity index is 1040. The summed E-state index contributed by atoms with van der Waals surface area (Å²) in [5.41, 5.74) is -0.835. The molecule has 140 valence electrons. The van der Waals surface area contributed by atoms with Crippen molar-refractivity contribution >= 4 is 28.5 Å². The molecular weight excluding hydrogens is 366 g/mol. The molecule has 0 radical (unpaired) electrons. The van der Waals surface area contributed by atoms with Gasteiger partial charge in [-0.15, -0.1) is 0 Å². The predicted molar refractivity (Wildman–Crippen MR) is 90.8 cm³/mol. The molecule has 2 aromatic carbocycles. The molecule has 1 aromatic heterocycles. The molecule has 5 nitrogen and oxygen atoms in total. The number of aryl methyl sites for hydroxylation is 1. The third-order valence-electron chi connectivity index (χ3n) is 3.91. The minimum absolute atomic E-state index is 0.203. The van der Waals surface area contributed by atoms with Gasteiger partial charge in [0.05, 0.1) is 5.56 Å². The summed E-state index contributed by atoms with van der Waals surface area (Å²) in [7, 11) is 1.80. The first-order valence-electron chi connectivity index (χ1n) is 7.69. The number of rotatable bonds is 2. The van der Waals surface area contributed by atoms with Crippen molar-refractivity contribution in [2.45, 2.75) is 6.18 Å². The second-order valence-electron chi connectivity index (χ2n) is 5.80. The summed E-state index contributed by atoms with van der Waals surface area (Å²) in [6.45, 7) is 0. The van der Waals surface area contributed by atoms with Crippen LogP contribution in [-0.4, -0.2) is 16.5 Å². The number of carbonyl (C=O) groups is 2. The molecule has 3 amide bonds. The van der Waals surface area contributed by atoms with Crippen LogP contribution in [0.1, 0.15) is 15.9 Å². The number of benzene rings is 2. The molecule has 0 aliphatic rings. The smallest absolute Gasteiger partial charge is 0.351 e. The van der Waals surface area contributed by atoms with Gasteiger partial charge < -0.3 is 9.88 Å². The first-order valence-corrected chi connectivity index (χ1v) is 7.69. The Balaban J connectivity index is 1.73. The van der Waals surface area contributed by atoms with E-state index in [1.54, 1.807) is 23.7 Å². The van der Waals surface area contributed by atoms with Crippen LogP contribution in [0.4, 0.5) is 28.0 Å². The minimum atomic E-state index is -4.90. The lowest BCUT2D eigenvalue weighted by molar-refractivity contribution is -0.139. The highest BCUT2D eigenvalue weighted by Gasteiger charge is 2.34. The van der Waals surface area contributed by atoms with Crippen LogP contribution < -0.4 is 10.6 Å². The molecule has 0 saturated heterocycles. The van der Waals surface area contributed by atoms with Gasteiger partial charge in [0.2, 0.25) is 0 Å². The first-order chi connectivity index (χ1) is 12.6. The van der Waals surface area contributed by atoms with E-state index in [1.807, 2.05) is 17.6 Å². The van der Waals surface area contributed by atoms with E-state index in [0.29, 0.717) is 12.1 Å². The van der Waals surface area contributed by atoms with Crippen LogP contribution in [0.3, 0.4) is 0 Å². The Morgan fingerprint density at radius 1 is 1.04 bits per heavy atom. The Labute approximate surface area is 150 Å². The summed E-state index contributed by atoms with van der Waals surface area (Å²) in [4.78, 5) is 24.1. The number of imide groups is 1. The molecule has 1 heterocycles. The Morgan fingerprint density at radius 3 is 2.48 bits per heavy atom. The molecule has 0 aliphatic heterocycles. The molecule has 3 aromatic rings. The number of halogens is 4. The summed E-state index contributed by atoms with van der Waals surface area (Å²) in [6.07, 6.45) is -3.09. The Morgan fingerprint density at radius 2 is 1.78 bits per heavy atom. The summed E-state index contributed by atoms with van der Waals surface area (Å²) in [5.74, 6) is -2.19. The lowest BCUT2D eigenvalue weighted by Crippen LogP contribution is -2.34. The van der Waals surface area contributed by atoms with E-state index >= 15 is 0 Å². The quantitative estimate of drug-likeness (QED) is 0.652. The third-order valence-corrected chi connectivity index (χ3v) is 3.91. The van der Waals surface area contributed by atoms with Gasteiger partial charge in [0, 0.05) is 30.0 Å². The van der Waals surface area contributed by atoms with Gasteiger partial charge in [-0.3, -0.25) is 10.1 Å². The normalized spacial score (nSPS) is 11.4. The van der Waals surface area contributed by atoms with Gasteiger partial charge in [-0.1, -0.05) is 6.07 Å². The van der Waals surface area contributed by atoms with Crippen molar-refractivity contribution < 1.29 is 27.2 Å². The lowest BCUT2D eigenvalue weighted by atomic mass is 10.1. The summed E-state index contributed by atoms with van der Waals surface area (Å²) in [5, 5.41) is 5.01. The van der Waals surface area contributed by atoms with Crippen molar-refractivity contribution in [1.82, 2.24) is 9.88 Å². The van der Waals surface area contributed by atoms with Crippen molar-refractivity contribution in [2.24, 2.45) is 7.05 Å². The highest BCUT2D eigenvalue weighted by molar-refractivity contribution is 6.09. The molecule has 0 saturated carbocycles. The van der Waals surface area contributed by atoms with E-state index in [-0.39, 0.29) is 11.3 Å². The minimum Gasteiger partial charge on any atom is -0.351 e. The van der Waals surface area contributed by atoms with Gasteiger partial charge in [-0.05, 0) is 41.8 Å². The fraction of sp³-hybridized carbons (Fsp3) is 0.111. The highest BCUT2D eigenvalue weighted by atomic mass is 19.4. The number of carbonyl (C=O) groups excluding carboxylic acids is 2. The van der Waals surface area contributed by atoms with Crippen molar-refractivity contribution in [2.75, 3.05) is 5.32 Å². The van der Waals surface area contributed by atoms with Gasteiger partial charge in [-0.25, -0.2) is 9.18 Å². The average Bonchev–Trinajstić information content (AvgIpc) is 2.96. The van der Waals surface area contributed by atoms with Gasteiger partial charge >= 0.3 is 12.2 Å². The van der Waals surface area contributed by atoms with Crippen LogP contribution in [0.2, 0.25) is 0 Å². The number of urea groups is 1. The summed E-state index contributed by atoms with van der Waals surface area (Å²) in [6, 6.07) is 7.63. The Hall–Kier alpha value is -3.36. The number of nitrogens with zero attached hydrogens (tertiary/aromatic N) is 1. The molecule has 0 spiro atoms. The zero-order valence-corrected chi connectivity index (χ0v) is 13.9. The number of hydrogen-bond donors (Lipinski definition) is 2. The van der Waals surface area contributed by atoms with Gasteiger partial charge in [0.25, 0.3) is 5.91 Å². The highest BCUT2D eigenvalue weighted by Crippen LogP contribution is 2.32. The number of aromatic nitrogens is 1. The average molecular weight is 379 g/mol. The van der Waals surface area contributed by atoms with Crippen LogP contribution in [0.25, 0.3) is 10.9 Å². The zero-order valence-electron chi connectivity index (χ0n) is 13.9. The van der Waals surface area contributed by atoms with Gasteiger partial charge in [0.1, 0.15) is 5.82 Å². The summed E-state index contributed by atoms with van der Waals surface area (Å²) >= 11 is 0. The number of amides is 3. The first kappa shape index (κ1) is 18.4. The molecule has 9 heteroatoms. The van der Waals surface area contributed by atoms with Crippen LogP contribution in [0.15, 0.2) is 48.7 Å². The number of nitrogens with one attached hydrogen (secondary N) is 2. The largest absolute Gasteiger partial charge is 0.419 e. The predicted octanol–water partition coefficient (Wildman–Crippen LogP) is 4.30. The molecule has 27 heavy (non-hydrogen) atoms. The zero-order chi connectivity index (χ0) is 19.8. The van der Waals surface area contributed by atoms with Gasteiger partial charge in [-0.2, -0.15) is 13.2 Å². The third kappa shape index (κ3) is 3.91. The van der Waals surface area contributed by atoms with Crippen LogP contribution >= 0.6 is 0 Å². The second kappa shape index (κ2) is 6.75. The van der Waals surface area contributed by atoms with Crippen molar-refractivity contribution in [3.05, 3.63) is 65.6 Å². The maximum Gasteiger partial charge on any atom is 0.419 e. The monoisotopic (exact) mass is 379 g/mol. The SMILES string of the molecule is Cn1ccc2ccc(C(=O)NC(=O)Nc3ccc(F)c(C(F)(F)F)c3)cc21. The molecule has 3 rings (SSSR count). The number of fused-ring (bicyclic) bond motifs is 1. The van der Waals surface area contributed by atoms with Crippen molar-refractivity contribution in [3.63, 3.8) is 0 Å². The van der Waals surface area contributed by atoms with Crippen LogP contribution in [0.5, 0.6) is 0 Å². The standard InChI is InChI=1S/C18H13F4N3O2/c1-25-7-6-10-2-3-11(8-15(10)25)16(26)24-17(27)23-12-4-5-14(19)13(9-12)18(20,21)22/h2-9H,1H3,(H2,23,24,26,27). The molecular formula is C18H13F4N3O2. The Kier molecular flexibility index (Phi) is 4.61. The van der Waals surface area contributed by atoms with Crippen LogP contribution in [0, 0.1) is 5.82 Å². The van der Waals surface area contributed by atoms with Crippen molar-refractivity contribution in [3.8, 4) is 0 Å². The van der Waals surface area contributed by atoms with Crippen molar-refractivity contribution in [1.29, 1.82) is 0 Å². The lowest BCUT2D eigenvalue weighted by Gasteiger charge is -2.11. The van der Waals surface area contributed by atoms with E-state index in [2.05, 4.69) is 5.32 Å². The molecule has 0 bridgehead atoms. The number of anilines is 1. The number of alkyl halides is 3. The second-order valence-corrected chi connectivity index (χ2v) is 5.80. The van der Waals surface area contributed by atoms with E-state index in [9.17, 15) is 27.2 Å². The topological polar surface area (TPSA) is 63.1 Å². The fourth-order valence-electron chi connectivity index (χ4n) is 2.56. The fourth-order valence-corrected chi connectivity index (χ4v) is 2.56. The molecule has 0 fully saturated rings. The molecule has 0 atom stereocenters. The van der Waals surface area contributed by atoms with E-state index in [1.165, 1.54) is 6.07 Å². The maximum atomic E-state index is 13.3. The number of hydrogen-bond acceptors (Lipinski definition) is 2. The van der Waals surface area contributed by atoms with E-state index in [4.69, 9.17) is 0 Å².